The number of esters is 1. The van der Waals surface area contributed by atoms with Crippen molar-refractivity contribution in [1.82, 2.24) is 0 Å². The van der Waals surface area contributed by atoms with Crippen molar-refractivity contribution in [3.8, 4) is 5.75 Å². The first-order valence-corrected chi connectivity index (χ1v) is 12.4. The van der Waals surface area contributed by atoms with Crippen LogP contribution < -0.4 is 10.2 Å². The topological polar surface area (TPSA) is 63.2 Å². The molecule has 0 atom stereocenters. The first-order chi connectivity index (χ1) is 13.3. The Morgan fingerprint density at radius 2 is 1.72 bits per heavy atom. The molecule has 1 fully saturated rings. The van der Waals surface area contributed by atoms with Crippen LogP contribution in [0.3, 0.4) is 0 Å². The average Bonchev–Trinajstić information content (AvgIpc) is 2.80. The number of rotatable bonds is 8. The van der Waals surface area contributed by atoms with Gasteiger partial charge in [-0.25, -0.2) is 19.2 Å². The van der Waals surface area contributed by atoms with Crippen LogP contribution in [-0.2, 0) is 18.8 Å². The molecule has 6 nitrogen and oxygen atoms in total. The summed E-state index contributed by atoms with van der Waals surface area (Å²) >= 11 is 0. The highest BCUT2D eigenvalue weighted by molar-refractivity contribution is 8.32. The second-order valence-corrected chi connectivity index (χ2v) is 13.5. The molecule has 164 valence electrons. The second kappa shape index (κ2) is 8.84. The molecule has 0 aromatic heterocycles. The number of carbonyl (C=O) groups is 1. The lowest BCUT2D eigenvalue weighted by molar-refractivity contribution is 0.00578. The standard InChI is InChI=1S/C20H32BFO6S/c1-19(2)20(3,4)28-21(27-19)15-11-14(18(23)24-5)17(12-16(15)22)26-13-25-9-10-29(6,7)8/h11-12H,9-10,13H2,1-8H3. The van der Waals surface area contributed by atoms with Crippen LogP contribution in [0, 0.1) is 5.82 Å². The van der Waals surface area contributed by atoms with E-state index in [9.17, 15) is 9.18 Å². The van der Waals surface area contributed by atoms with E-state index in [1.807, 2.05) is 27.7 Å². The van der Waals surface area contributed by atoms with E-state index in [0.29, 0.717) is 6.61 Å². The van der Waals surface area contributed by atoms with Gasteiger partial charge in [-0.15, -0.1) is 0 Å². The van der Waals surface area contributed by atoms with E-state index in [1.165, 1.54) is 13.2 Å². The minimum atomic E-state index is -0.941. The van der Waals surface area contributed by atoms with Gasteiger partial charge in [-0.3, -0.25) is 0 Å². The fraction of sp³-hybridized carbons (Fsp3) is 0.650. The van der Waals surface area contributed by atoms with Gasteiger partial charge >= 0.3 is 13.1 Å². The van der Waals surface area contributed by atoms with Gasteiger partial charge < -0.3 is 23.5 Å². The van der Waals surface area contributed by atoms with Crippen molar-refractivity contribution in [3.05, 3.63) is 23.5 Å². The summed E-state index contributed by atoms with van der Waals surface area (Å²) in [5, 5.41) is 0. The van der Waals surface area contributed by atoms with Crippen LogP contribution >= 0.6 is 10.0 Å². The molecule has 0 unspecified atom stereocenters. The summed E-state index contributed by atoms with van der Waals surface area (Å²) in [5.41, 5.74) is -1.06. The molecule has 1 aromatic rings. The number of hydrogen-bond acceptors (Lipinski definition) is 6. The molecule has 0 aliphatic carbocycles. The molecule has 2 rings (SSSR count). The van der Waals surface area contributed by atoms with E-state index in [4.69, 9.17) is 23.5 Å². The molecule has 1 aromatic carbocycles. The van der Waals surface area contributed by atoms with Crippen molar-refractivity contribution in [2.24, 2.45) is 0 Å². The van der Waals surface area contributed by atoms with Gasteiger partial charge in [-0.1, -0.05) is 0 Å². The van der Waals surface area contributed by atoms with Crippen LogP contribution in [0.1, 0.15) is 38.1 Å². The third kappa shape index (κ3) is 5.87. The molecule has 0 amide bonds. The zero-order valence-electron chi connectivity index (χ0n) is 18.6. The number of ether oxygens (including phenoxy) is 3. The lowest BCUT2D eigenvalue weighted by atomic mass is 9.77. The monoisotopic (exact) mass is 430 g/mol. The Labute approximate surface area is 174 Å². The van der Waals surface area contributed by atoms with E-state index in [2.05, 4.69) is 18.8 Å². The SMILES string of the molecule is COC(=O)c1cc(B2OC(C)(C)C(C)(C)O2)c(F)cc1OCOCCS(C)(C)C. The Balaban J connectivity index is 2.20. The van der Waals surface area contributed by atoms with E-state index in [0.717, 1.165) is 11.8 Å². The molecule has 1 heterocycles. The van der Waals surface area contributed by atoms with Gasteiger partial charge in [0.2, 0.25) is 0 Å². The zero-order valence-corrected chi connectivity index (χ0v) is 19.4. The summed E-state index contributed by atoms with van der Waals surface area (Å²) in [7, 11) is -0.363. The average molecular weight is 430 g/mol. The van der Waals surface area contributed by atoms with Crippen molar-refractivity contribution in [3.63, 3.8) is 0 Å². The fourth-order valence-electron chi connectivity index (χ4n) is 2.58. The molecular weight excluding hydrogens is 398 g/mol. The van der Waals surface area contributed by atoms with E-state index in [1.54, 1.807) is 0 Å². The third-order valence-electron chi connectivity index (χ3n) is 5.15. The minimum absolute atomic E-state index is 0.0534. The minimum Gasteiger partial charge on any atom is -0.467 e. The van der Waals surface area contributed by atoms with Crippen molar-refractivity contribution in [1.29, 1.82) is 0 Å². The Bertz CT molecular complexity index is 731. The normalized spacial score (nSPS) is 18.6. The predicted octanol–water partition coefficient (Wildman–Crippen LogP) is 2.96. The van der Waals surface area contributed by atoms with E-state index < -0.39 is 40.1 Å². The van der Waals surface area contributed by atoms with Crippen molar-refractivity contribution in [2.75, 3.05) is 45.0 Å². The smallest absolute Gasteiger partial charge is 0.467 e. The summed E-state index contributed by atoms with van der Waals surface area (Å²) in [6.07, 6.45) is 6.57. The van der Waals surface area contributed by atoms with Crippen LogP contribution in [0.25, 0.3) is 0 Å². The lowest BCUT2D eigenvalue weighted by Crippen LogP contribution is -2.41. The van der Waals surface area contributed by atoms with Crippen molar-refractivity contribution >= 4 is 28.6 Å². The number of carbonyl (C=O) groups excluding carboxylic acids is 1. The fourth-order valence-corrected chi connectivity index (χ4v) is 3.20. The highest BCUT2D eigenvalue weighted by atomic mass is 32.3. The molecule has 1 aliphatic heterocycles. The number of benzene rings is 1. The van der Waals surface area contributed by atoms with Crippen LogP contribution in [0.2, 0.25) is 0 Å². The molecule has 0 saturated carbocycles. The Kier molecular flexibility index (Phi) is 7.31. The maximum absolute atomic E-state index is 14.9. The predicted molar refractivity (Wildman–Crippen MR) is 115 cm³/mol. The largest absolute Gasteiger partial charge is 0.497 e. The van der Waals surface area contributed by atoms with Crippen molar-refractivity contribution in [2.45, 2.75) is 38.9 Å². The van der Waals surface area contributed by atoms with Crippen LogP contribution in [-0.4, -0.2) is 69.3 Å². The highest BCUT2D eigenvalue weighted by Gasteiger charge is 2.52. The van der Waals surface area contributed by atoms with E-state index >= 15 is 0 Å². The molecule has 0 spiro atoms. The molecule has 0 bridgehead atoms. The van der Waals surface area contributed by atoms with Crippen molar-refractivity contribution < 1.29 is 32.7 Å². The summed E-state index contributed by atoms with van der Waals surface area (Å²) in [5.74, 6) is -0.255. The molecular formula is C20H32BFO6S. The van der Waals surface area contributed by atoms with Gasteiger partial charge in [0.25, 0.3) is 0 Å². The Morgan fingerprint density at radius 1 is 1.14 bits per heavy atom. The lowest BCUT2D eigenvalue weighted by Gasteiger charge is -2.32. The van der Waals surface area contributed by atoms with Gasteiger partial charge in [0, 0.05) is 17.3 Å². The molecule has 0 radical (unpaired) electrons. The molecule has 1 saturated heterocycles. The first-order valence-electron chi connectivity index (χ1n) is 9.41. The summed E-state index contributed by atoms with van der Waals surface area (Å²) in [6, 6.07) is 2.50. The van der Waals surface area contributed by atoms with Gasteiger partial charge in [0.05, 0.1) is 24.9 Å². The summed E-state index contributed by atoms with van der Waals surface area (Å²) in [4.78, 5) is 12.2. The Morgan fingerprint density at radius 3 is 2.24 bits per heavy atom. The molecule has 1 aliphatic rings. The number of methoxy groups -OCH3 is 1. The number of hydrogen-bond donors (Lipinski definition) is 0. The second-order valence-electron chi connectivity index (χ2n) is 8.92. The van der Waals surface area contributed by atoms with Gasteiger partial charge in [0.1, 0.15) is 17.1 Å². The maximum atomic E-state index is 14.9. The van der Waals surface area contributed by atoms with Gasteiger partial charge in [-0.05, 0) is 52.5 Å². The number of halogens is 1. The molecule has 0 N–H and O–H groups in total. The molecule has 9 heteroatoms. The summed E-state index contributed by atoms with van der Waals surface area (Å²) < 4.78 is 42.5. The maximum Gasteiger partial charge on any atom is 0.497 e. The van der Waals surface area contributed by atoms with Crippen LogP contribution in [0.4, 0.5) is 4.39 Å². The van der Waals surface area contributed by atoms with Gasteiger partial charge in [-0.2, -0.15) is 0 Å². The quantitative estimate of drug-likeness (QED) is 0.274. The summed E-state index contributed by atoms with van der Waals surface area (Å²) in [6.45, 7) is 7.94. The van der Waals surface area contributed by atoms with E-state index in [-0.39, 0.29) is 23.6 Å². The first kappa shape index (κ1) is 24.0. The molecule has 29 heavy (non-hydrogen) atoms. The van der Waals surface area contributed by atoms with Crippen LogP contribution in [0.15, 0.2) is 12.1 Å². The Hall–Kier alpha value is -1.29. The zero-order chi connectivity index (χ0) is 22.0. The highest BCUT2D eigenvalue weighted by Crippen LogP contribution is 2.37. The van der Waals surface area contributed by atoms with Gasteiger partial charge in [0.15, 0.2) is 6.79 Å². The van der Waals surface area contributed by atoms with Crippen LogP contribution in [0.5, 0.6) is 5.75 Å². The third-order valence-corrected chi connectivity index (χ3v) is 6.54.